The second-order valence-corrected chi connectivity index (χ2v) is 19.6. The predicted molar refractivity (Wildman–Crippen MR) is 270 cm³/mol. The lowest BCUT2D eigenvalue weighted by Gasteiger charge is -2.40. The van der Waals surface area contributed by atoms with E-state index in [1.165, 1.54) is 154 Å². The number of carbonyl (C=O) groups excluding carboxylic acids is 1. The standard InChI is InChI=1S/C55H105NO10/c1-3-5-7-9-11-13-15-17-19-21-22-23-24-25-26-27-29-30-32-34-36-38-40-42-47(58)50(60)46(45-65-55-53(63)52(62)51(61)49(44-57)66-55)56-54(64)48(59)43-41-39-37-35-33-31-28-20-18-16-14-12-10-8-6-4-2/h18,20,34,36,46-53,55,57-63H,3-17,19,21-33,35,37-45H2,1-2H3,(H,56,64)/b20-18-,36-34+. The van der Waals surface area contributed by atoms with Crippen LogP contribution < -0.4 is 5.32 Å². The van der Waals surface area contributed by atoms with Crippen LogP contribution in [0.5, 0.6) is 0 Å². The molecule has 1 aliphatic heterocycles. The van der Waals surface area contributed by atoms with Gasteiger partial charge >= 0.3 is 0 Å². The third kappa shape index (κ3) is 33.2. The molecule has 0 aliphatic carbocycles. The van der Waals surface area contributed by atoms with Crippen molar-refractivity contribution in [2.75, 3.05) is 13.2 Å². The van der Waals surface area contributed by atoms with Gasteiger partial charge < -0.3 is 50.5 Å². The number of hydrogen-bond donors (Lipinski definition) is 8. The summed E-state index contributed by atoms with van der Waals surface area (Å²) >= 11 is 0. The minimum atomic E-state index is -1.67. The van der Waals surface area contributed by atoms with Crippen molar-refractivity contribution in [3.8, 4) is 0 Å². The maximum atomic E-state index is 13.1. The fourth-order valence-electron chi connectivity index (χ4n) is 8.91. The van der Waals surface area contributed by atoms with E-state index in [1.54, 1.807) is 0 Å². The van der Waals surface area contributed by atoms with Crippen LogP contribution in [-0.2, 0) is 14.3 Å². The molecule has 1 amide bonds. The lowest BCUT2D eigenvalue weighted by molar-refractivity contribution is -0.303. The minimum absolute atomic E-state index is 0.248. The van der Waals surface area contributed by atoms with Crippen molar-refractivity contribution in [3.05, 3.63) is 24.3 Å². The molecule has 0 spiro atoms. The molecule has 11 nitrogen and oxygen atoms in total. The third-order valence-corrected chi connectivity index (χ3v) is 13.5. The number of hydrogen-bond acceptors (Lipinski definition) is 10. The van der Waals surface area contributed by atoms with Gasteiger partial charge in [0.25, 0.3) is 0 Å². The van der Waals surface area contributed by atoms with E-state index in [0.29, 0.717) is 12.8 Å². The summed E-state index contributed by atoms with van der Waals surface area (Å²) in [5, 5.41) is 76.0. The van der Waals surface area contributed by atoms with E-state index in [1.807, 2.05) is 0 Å². The van der Waals surface area contributed by atoms with Crippen LogP contribution in [0.2, 0.25) is 0 Å². The zero-order valence-corrected chi connectivity index (χ0v) is 42.4. The number of unbranched alkanes of at least 4 members (excludes halogenated alkanes) is 31. The van der Waals surface area contributed by atoms with Gasteiger partial charge in [0, 0.05) is 0 Å². The molecular formula is C55H105NO10. The van der Waals surface area contributed by atoms with Crippen LogP contribution in [0.3, 0.4) is 0 Å². The second-order valence-electron chi connectivity index (χ2n) is 19.6. The number of ether oxygens (including phenoxy) is 2. The van der Waals surface area contributed by atoms with Gasteiger partial charge in [-0.1, -0.05) is 212 Å². The number of rotatable bonds is 47. The zero-order chi connectivity index (χ0) is 48.3. The van der Waals surface area contributed by atoms with Gasteiger partial charge in [-0.15, -0.1) is 0 Å². The van der Waals surface area contributed by atoms with Gasteiger partial charge in [0.2, 0.25) is 5.91 Å². The quantitative estimate of drug-likeness (QED) is 0.0215. The summed E-state index contributed by atoms with van der Waals surface area (Å²) in [6.07, 6.45) is 40.9. The van der Waals surface area contributed by atoms with E-state index in [4.69, 9.17) is 9.47 Å². The summed E-state index contributed by atoms with van der Waals surface area (Å²) in [6, 6.07) is -1.19. The fraction of sp³-hybridized carbons (Fsp3) is 0.909. The minimum Gasteiger partial charge on any atom is -0.394 e. The van der Waals surface area contributed by atoms with Gasteiger partial charge in [-0.3, -0.25) is 4.79 Å². The largest absolute Gasteiger partial charge is 0.394 e. The van der Waals surface area contributed by atoms with Gasteiger partial charge in [0.05, 0.1) is 25.4 Å². The first-order valence-corrected chi connectivity index (χ1v) is 27.7. The predicted octanol–water partition coefficient (Wildman–Crippen LogP) is 11.0. The Labute approximate surface area is 404 Å². The number of nitrogens with one attached hydrogen (secondary N) is 1. The molecule has 1 heterocycles. The molecule has 0 aromatic carbocycles. The average Bonchev–Trinajstić information content (AvgIpc) is 3.32. The smallest absolute Gasteiger partial charge is 0.249 e. The number of allylic oxidation sites excluding steroid dienone is 4. The molecule has 1 rings (SSSR count). The highest BCUT2D eigenvalue weighted by molar-refractivity contribution is 5.80. The Morgan fingerprint density at radius 1 is 0.515 bits per heavy atom. The zero-order valence-electron chi connectivity index (χ0n) is 42.4. The van der Waals surface area contributed by atoms with Crippen LogP contribution in [0.1, 0.15) is 251 Å². The molecule has 1 fully saturated rings. The van der Waals surface area contributed by atoms with Gasteiger partial charge in [-0.05, 0) is 64.2 Å². The molecule has 390 valence electrons. The van der Waals surface area contributed by atoms with Crippen LogP contribution >= 0.6 is 0 Å². The van der Waals surface area contributed by atoms with Crippen molar-refractivity contribution >= 4 is 5.91 Å². The van der Waals surface area contributed by atoms with E-state index in [0.717, 1.165) is 57.8 Å². The lowest BCUT2D eigenvalue weighted by atomic mass is 9.98. The van der Waals surface area contributed by atoms with Crippen LogP contribution in [0.15, 0.2) is 24.3 Å². The Morgan fingerprint density at radius 2 is 0.894 bits per heavy atom. The van der Waals surface area contributed by atoms with Crippen molar-refractivity contribution in [1.29, 1.82) is 0 Å². The Bertz CT molecular complexity index is 1120. The Kier molecular flexibility index (Phi) is 42.5. The number of aliphatic hydroxyl groups is 7. The van der Waals surface area contributed by atoms with Crippen molar-refractivity contribution in [2.24, 2.45) is 0 Å². The van der Waals surface area contributed by atoms with Crippen molar-refractivity contribution in [1.82, 2.24) is 5.32 Å². The molecule has 0 aromatic heterocycles. The Hall–Kier alpha value is -1.41. The molecule has 0 bridgehead atoms. The highest BCUT2D eigenvalue weighted by Crippen LogP contribution is 2.23. The first-order chi connectivity index (χ1) is 32.2. The van der Waals surface area contributed by atoms with E-state index >= 15 is 0 Å². The monoisotopic (exact) mass is 940 g/mol. The number of carbonyl (C=O) groups is 1. The van der Waals surface area contributed by atoms with Gasteiger partial charge in [0.1, 0.15) is 36.6 Å². The molecule has 1 aliphatic rings. The van der Waals surface area contributed by atoms with E-state index in [-0.39, 0.29) is 12.8 Å². The van der Waals surface area contributed by atoms with Crippen LogP contribution in [-0.4, -0.2) is 110 Å². The molecule has 8 N–H and O–H groups in total. The summed E-state index contributed by atoms with van der Waals surface area (Å²) in [7, 11) is 0. The second kappa shape index (κ2) is 44.8. The van der Waals surface area contributed by atoms with Crippen molar-refractivity contribution in [2.45, 2.75) is 306 Å². The summed E-state index contributed by atoms with van der Waals surface area (Å²) in [5.41, 5.74) is 0. The van der Waals surface area contributed by atoms with E-state index < -0.39 is 74.2 Å². The molecule has 66 heavy (non-hydrogen) atoms. The third-order valence-electron chi connectivity index (χ3n) is 13.5. The van der Waals surface area contributed by atoms with Crippen LogP contribution in [0.25, 0.3) is 0 Å². The average molecular weight is 940 g/mol. The molecule has 9 unspecified atom stereocenters. The molecule has 0 radical (unpaired) electrons. The maximum Gasteiger partial charge on any atom is 0.249 e. The van der Waals surface area contributed by atoms with Crippen molar-refractivity contribution in [3.63, 3.8) is 0 Å². The summed E-state index contributed by atoms with van der Waals surface area (Å²) in [4.78, 5) is 13.1. The van der Waals surface area contributed by atoms with Gasteiger partial charge in [-0.2, -0.15) is 0 Å². The number of aliphatic hydroxyl groups excluding tert-OH is 7. The van der Waals surface area contributed by atoms with Crippen molar-refractivity contribution < 1.29 is 50.0 Å². The molecule has 1 saturated heterocycles. The Morgan fingerprint density at radius 3 is 1.30 bits per heavy atom. The highest BCUT2D eigenvalue weighted by atomic mass is 16.7. The molecular weight excluding hydrogens is 835 g/mol. The molecule has 0 aromatic rings. The SMILES string of the molecule is CCCCCCCC/C=C\CCCCCCCCC(O)C(=O)NC(COC1OC(CO)C(O)C(O)C1O)C(O)C(O)CCC/C=C/CCCCCCCCCCCCCCCCCCCC. The summed E-state index contributed by atoms with van der Waals surface area (Å²) in [5.74, 6) is -0.709. The molecule has 11 heteroatoms. The molecule has 0 saturated carbocycles. The summed E-state index contributed by atoms with van der Waals surface area (Å²) < 4.78 is 11.1. The first kappa shape index (κ1) is 62.6. The van der Waals surface area contributed by atoms with Gasteiger partial charge in [0.15, 0.2) is 6.29 Å². The van der Waals surface area contributed by atoms with Gasteiger partial charge in [-0.25, -0.2) is 0 Å². The fourth-order valence-corrected chi connectivity index (χ4v) is 8.91. The normalized spacial score (nSPS) is 20.9. The number of amides is 1. The van der Waals surface area contributed by atoms with Crippen LogP contribution in [0.4, 0.5) is 0 Å². The molecule has 9 atom stereocenters. The summed E-state index contributed by atoms with van der Waals surface area (Å²) in [6.45, 7) is 3.45. The topological polar surface area (TPSA) is 189 Å². The maximum absolute atomic E-state index is 13.1. The van der Waals surface area contributed by atoms with E-state index in [9.17, 15) is 40.5 Å². The lowest BCUT2D eigenvalue weighted by Crippen LogP contribution is -2.60. The van der Waals surface area contributed by atoms with Crippen LogP contribution in [0, 0.1) is 0 Å². The highest BCUT2D eigenvalue weighted by Gasteiger charge is 2.44. The first-order valence-electron chi connectivity index (χ1n) is 27.7. The van der Waals surface area contributed by atoms with E-state index in [2.05, 4.69) is 43.5 Å². The Balaban J connectivity index is 2.36.